The van der Waals surface area contributed by atoms with Crippen LogP contribution in [0.15, 0.2) is 23.1 Å². The Balaban J connectivity index is 3.09. The Morgan fingerprint density at radius 1 is 1.70 bits per heavy atom. The van der Waals surface area contributed by atoms with Gasteiger partial charge in [0.05, 0.1) is 9.80 Å². The zero-order valence-electron chi connectivity index (χ0n) is 5.44. The molecule has 0 fully saturated rings. The second kappa shape index (κ2) is 2.57. The summed E-state index contributed by atoms with van der Waals surface area (Å²) in [5.41, 5.74) is 0.955. The first-order chi connectivity index (χ1) is 4.66. The van der Waals surface area contributed by atoms with Crippen LogP contribution in [0.3, 0.4) is 0 Å². The van der Waals surface area contributed by atoms with Gasteiger partial charge in [-0.2, -0.15) is 0 Å². The van der Waals surface area contributed by atoms with Crippen molar-refractivity contribution in [3.63, 3.8) is 0 Å². The van der Waals surface area contributed by atoms with E-state index in [2.05, 4.69) is 4.33 Å². The van der Waals surface area contributed by atoms with Gasteiger partial charge in [0.2, 0.25) is 0 Å². The molecule has 0 aromatic rings. The maximum absolute atomic E-state index is 11.0. The molecular weight excluding hydrogens is 152 g/mol. The van der Waals surface area contributed by atoms with Gasteiger partial charge in [-0.25, -0.2) is 4.21 Å². The smallest absolute Gasteiger partial charge is 0.0975 e. The van der Waals surface area contributed by atoms with E-state index in [9.17, 15) is 9.47 Å². The molecule has 0 N–H and O–H groups in total. The lowest BCUT2D eigenvalue weighted by Crippen LogP contribution is -2.15. The van der Waals surface area contributed by atoms with Gasteiger partial charge in [-0.1, -0.05) is 0 Å². The largest absolute Gasteiger partial charge is 0.709 e. The minimum absolute atomic E-state index is 0.955. The van der Waals surface area contributed by atoms with Gasteiger partial charge in [0.15, 0.2) is 0 Å². The maximum atomic E-state index is 11.0. The molecule has 4 heteroatoms. The summed E-state index contributed by atoms with van der Waals surface area (Å²) in [6.07, 6.45) is 3.19. The fourth-order valence-corrected chi connectivity index (χ4v) is 1.54. The van der Waals surface area contributed by atoms with E-state index in [1.165, 1.54) is 10.8 Å². The van der Waals surface area contributed by atoms with Crippen LogP contribution < -0.4 is 5.26 Å². The third-order valence-corrected chi connectivity index (χ3v) is 2.39. The first-order valence-electron chi connectivity index (χ1n) is 2.72. The zero-order valence-corrected chi connectivity index (χ0v) is 6.26. The fraction of sp³-hybridized carbons (Fsp3) is 0.167. The number of hydrogen-bond acceptors (Lipinski definition) is 3. The molecule has 0 aliphatic carbocycles. The van der Waals surface area contributed by atoms with Gasteiger partial charge in [-0.15, -0.1) is 0 Å². The summed E-state index contributed by atoms with van der Waals surface area (Å²) in [6.45, 7) is 1.84. The molecule has 1 heterocycles. The highest BCUT2D eigenvalue weighted by molar-refractivity contribution is 7.99. The molecule has 0 bridgehead atoms. The van der Waals surface area contributed by atoms with Crippen LogP contribution in [0, 0.1) is 0 Å². The molecule has 1 rings (SSSR count). The molecule has 1 atom stereocenters. The average Bonchev–Trinajstić information content (AvgIpc) is 1.96. The predicted octanol–water partition coefficient (Wildman–Crippen LogP) is -0.246. The van der Waals surface area contributed by atoms with E-state index < -0.39 is 9.80 Å². The molecule has 0 saturated carbocycles. The van der Waals surface area contributed by atoms with Crippen LogP contribution >= 0.6 is 0 Å². The first kappa shape index (κ1) is 7.53. The van der Waals surface area contributed by atoms with Crippen LogP contribution in [-0.4, -0.2) is 9.58 Å². The van der Waals surface area contributed by atoms with Crippen molar-refractivity contribution in [2.24, 2.45) is 0 Å². The summed E-state index contributed by atoms with van der Waals surface area (Å²) < 4.78 is 14.5. The Labute approximate surface area is 59.8 Å². The van der Waals surface area contributed by atoms with E-state index in [1.54, 1.807) is 12.2 Å². The van der Waals surface area contributed by atoms with E-state index in [4.69, 9.17) is 0 Å². The topological polar surface area (TPSA) is 49.4 Å². The third kappa shape index (κ3) is 1.47. The molecule has 1 unspecified atom stereocenters. The molecule has 0 aromatic heterocycles. The maximum Gasteiger partial charge on any atom is 0.0975 e. The highest BCUT2D eigenvalue weighted by Crippen LogP contribution is 2.04. The lowest BCUT2D eigenvalue weighted by Gasteiger charge is -2.11. The molecule has 3 nitrogen and oxygen atoms in total. The monoisotopic (exact) mass is 159 g/mol. The summed E-state index contributed by atoms with van der Waals surface area (Å²) in [6, 6.07) is 0. The van der Waals surface area contributed by atoms with E-state index in [0.717, 1.165) is 5.57 Å². The first-order valence-corrected chi connectivity index (χ1v) is 4.32. The van der Waals surface area contributed by atoms with Crippen molar-refractivity contribution < 1.29 is 13.8 Å². The number of allylic oxidation sites excluding steroid dienone is 3. The van der Waals surface area contributed by atoms with Crippen molar-refractivity contribution in [2.75, 3.05) is 0 Å². The van der Waals surface area contributed by atoms with E-state index >= 15 is 0 Å². The van der Waals surface area contributed by atoms with Crippen molar-refractivity contribution in [3.05, 3.63) is 23.1 Å². The van der Waals surface area contributed by atoms with Gasteiger partial charge in [0.1, 0.15) is 0 Å². The van der Waals surface area contributed by atoms with Gasteiger partial charge < -0.3 is 9.59 Å². The van der Waals surface area contributed by atoms with Crippen LogP contribution in [-0.2, 0) is 14.1 Å². The van der Waals surface area contributed by atoms with Crippen LogP contribution in [0.25, 0.3) is 0 Å². The molecule has 1 aliphatic rings. The Morgan fingerprint density at radius 3 is 2.80 bits per heavy atom. The standard InChI is InChI=1S/C6H8O3S/c1-6-2-4-10(8,9-7)5-3-6/h2-5,7H,1H3/p-1. The Morgan fingerprint density at radius 2 is 2.40 bits per heavy atom. The molecule has 56 valence electrons. The molecule has 0 radical (unpaired) electrons. The lowest BCUT2D eigenvalue weighted by molar-refractivity contribution is -0.633. The zero-order chi connectivity index (χ0) is 7.61. The number of rotatable bonds is 1. The van der Waals surface area contributed by atoms with Crippen molar-refractivity contribution in [1.29, 1.82) is 0 Å². The predicted molar refractivity (Wildman–Crippen MR) is 38.2 cm³/mol. The average molecular weight is 159 g/mol. The van der Waals surface area contributed by atoms with Crippen LogP contribution in [0.4, 0.5) is 0 Å². The summed E-state index contributed by atoms with van der Waals surface area (Å²) >= 11 is 0. The second-order valence-electron chi connectivity index (χ2n) is 2.01. The van der Waals surface area contributed by atoms with Crippen LogP contribution in [0.5, 0.6) is 0 Å². The van der Waals surface area contributed by atoms with Crippen molar-refractivity contribution >= 4 is 15.2 Å². The SMILES string of the molecule is CC1=CC=S(=O)(O[O-])C=C1. The van der Waals surface area contributed by atoms with Crippen LogP contribution in [0.1, 0.15) is 6.92 Å². The molecular formula is C6H7O3S-. The number of hydrogen-bond donors (Lipinski definition) is 0. The van der Waals surface area contributed by atoms with Gasteiger partial charge in [-0.05, 0) is 24.6 Å². The Hall–Kier alpha value is -0.580. The summed E-state index contributed by atoms with van der Waals surface area (Å²) in [5.74, 6) is 0. The van der Waals surface area contributed by atoms with Gasteiger partial charge in [0, 0.05) is 10.8 Å². The van der Waals surface area contributed by atoms with Crippen molar-refractivity contribution in [1.82, 2.24) is 0 Å². The van der Waals surface area contributed by atoms with Gasteiger partial charge >= 0.3 is 0 Å². The molecule has 0 aromatic carbocycles. The quantitative estimate of drug-likeness (QED) is 0.301. The van der Waals surface area contributed by atoms with Gasteiger partial charge in [0.25, 0.3) is 0 Å². The van der Waals surface area contributed by atoms with E-state index in [0.29, 0.717) is 0 Å². The highest BCUT2D eigenvalue weighted by Gasteiger charge is 1.98. The fourth-order valence-electron chi connectivity index (χ4n) is 0.551. The Bertz CT molecular complexity index is 292. The summed E-state index contributed by atoms with van der Waals surface area (Å²) in [7, 11) is -2.80. The minimum Gasteiger partial charge on any atom is -0.709 e. The molecule has 0 amide bonds. The third-order valence-electron chi connectivity index (χ3n) is 1.15. The highest BCUT2D eigenvalue weighted by atomic mass is 32.2. The normalized spacial score (nSPS) is 31.2. The second-order valence-corrected chi connectivity index (χ2v) is 3.87. The van der Waals surface area contributed by atoms with Crippen molar-refractivity contribution in [3.8, 4) is 0 Å². The minimum atomic E-state index is -2.80. The van der Waals surface area contributed by atoms with Crippen molar-refractivity contribution in [2.45, 2.75) is 6.92 Å². The summed E-state index contributed by atoms with van der Waals surface area (Å²) in [4.78, 5) is 0. The van der Waals surface area contributed by atoms with Gasteiger partial charge in [-0.3, -0.25) is 0 Å². The molecule has 0 saturated heterocycles. The van der Waals surface area contributed by atoms with Crippen LogP contribution in [0.2, 0.25) is 0 Å². The summed E-state index contributed by atoms with van der Waals surface area (Å²) in [5, 5.41) is 12.4. The molecule has 0 spiro atoms. The van der Waals surface area contributed by atoms with E-state index in [-0.39, 0.29) is 0 Å². The molecule has 1 aliphatic heterocycles. The Kier molecular flexibility index (Phi) is 1.94. The molecule has 10 heavy (non-hydrogen) atoms. The van der Waals surface area contributed by atoms with E-state index in [1.807, 2.05) is 6.92 Å². The lowest BCUT2D eigenvalue weighted by atomic mass is 10.3.